The number of likely N-dealkylation sites (N-methyl/N-ethyl adjacent to an activating group) is 1. The van der Waals surface area contributed by atoms with Crippen molar-refractivity contribution in [1.82, 2.24) is 10.2 Å². The van der Waals surface area contributed by atoms with Crippen LogP contribution in [0.2, 0.25) is 0 Å². The van der Waals surface area contributed by atoms with Crippen LogP contribution in [0.25, 0.3) is 0 Å². The summed E-state index contributed by atoms with van der Waals surface area (Å²) >= 11 is 1.77. The van der Waals surface area contributed by atoms with E-state index in [9.17, 15) is 4.79 Å². The van der Waals surface area contributed by atoms with Crippen LogP contribution in [0.3, 0.4) is 0 Å². The van der Waals surface area contributed by atoms with Gasteiger partial charge in [0.2, 0.25) is 0 Å². The fourth-order valence-electron chi connectivity index (χ4n) is 2.38. The number of thiophene rings is 1. The van der Waals surface area contributed by atoms with Gasteiger partial charge in [-0.3, -0.25) is 9.69 Å². The third kappa shape index (κ3) is 3.54. The molecule has 100 valence electrons. The second-order valence-corrected chi connectivity index (χ2v) is 5.77. The smallest absolute Gasteiger partial charge is 0.317 e. The first-order valence-electron chi connectivity index (χ1n) is 6.40. The molecule has 2 N–H and O–H groups in total. The van der Waals surface area contributed by atoms with Gasteiger partial charge in [-0.2, -0.15) is 0 Å². The Bertz CT molecular complexity index is 374. The standard InChI is InChI=1S/C13H20N2O2S/c1-2-15(9-13(16)17)11-6-10(7-11)14-8-12-4-3-5-18-12/h3-5,10-11,14H,2,6-9H2,1H3,(H,16,17). The molecule has 0 spiro atoms. The first-order chi connectivity index (χ1) is 8.69. The summed E-state index contributed by atoms with van der Waals surface area (Å²) in [7, 11) is 0. The lowest BCUT2D eigenvalue weighted by Crippen LogP contribution is -2.53. The predicted molar refractivity (Wildman–Crippen MR) is 72.9 cm³/mol. The molecular formula is C13H20N2O2S. The van der Waals surface area contributed by atoms with E-state index < -0.39 is 5.97 Å². The monoisotopic (exact) mass is 268 g/mol. The molecule has 0 radical (unpaired) electrons. The van der Waals surface area contributed by atoms with Crippen molar-refractivity contribution >= 4 is 17.3 Å². The summed E-state index contributed by atoms with van der Waals surface area (Å²) < 4.78 is 0. The number of hydrogen-bond donors (Lipinski definition) is 2. The van der Waals surface area contributed by atoms with Crippen molar-refractivity contribution in [3.63, 3.8) is 0 Å². The molecule has 5 heteroatoms. The highest BCUT2D eigenvalue weighted by Crippen LogP contribution is 2.26. The minimum absolute atomic E-state index is 0.165. The highest BCUT2D eigenvalue weighted by Gasteiger charge is 2.33. The van der Waals surface area contributed by atoms with Gasteiger partial charge in [0.1, 0.15) is 0 Å². The van der Waals surface area contributed by atoms with E-state index >= 15 is 0 Å². The number of aliphatic carboxylic acids is 1. The molecule has 1 heterocycles. The number of carbonyl (C=O) groups is 1. The summed E-state index contributed by atoms with van der Waals surface area (Å²) in [6, 6.07) is 5.18. The predicted octanol–water partition coefficient (Wildman–Crippen LogP) is 1.78. The SMILES string of the molecule is CCN(CC(=O)O)C1CC(NCc2cccs2)C1. The molecule has 1 saturated carbocycles. The van der Waals surface area contributed by atoms with Crippen LogP contribution in [0, 0.1) is 0 Å². The number of carboxylic acid groups (broad SMARTS) is 1. The molecule has 0 saturated heterocycles. The lowest BCUT2D eigenvalue weighted by atomic mass is 9.85. The van der Waals surface area contributed by atoms with Gasteiger partial charge >= 0.3 is 5.97 Å². The Morgan fingerprint density at radius 3 is 2.94 bits per heavy atom. The maximum Gasteiger partial charge on any atom is 0.317 e. The van der Waals surface area contributed by atoms with E-state index in [1.807, 2.05) is 11.8 Å². The number of carboxylic acids is 1. The van der Waals surface area contributed by atoms with E-state index in [1.54, 1.807) is 11.3 Å². The molecule has 4 nitrogen and oxygen atoms in total. The minimum atomic E-state index is -0.730. The molecule has 1 aromatic heterocycles. The van der Waals surface area contributed by atoms with Crippen LogP contribution < -0.4 is 5.32 Å². The van der Waals surface area contributed by atoms with Crippen molar-refractivity contribution in [3.05, 3.63) is 22.4 Å². The maximum absolute atomic E-state index is 10.7. The van der Waals surface area contributed by atoms with E-state index in [4.69, 9.17) is 5.11 Å². The van der Waals surface area contributed by atoms with Crippen LogP contribution in [0.5, 0.6) is 0 Å². The van der Waals surface area contributed by atoms with E-state index in [0.717, 1.165) is 25.9 Å². The van der Waals surface area contributed by atoms with Crippen LogP contribution >= 0.6 is 11.3 Å². The normalized spacial score (nSPS) is 23.0. The highest BCUT2D eigenvalue weighted by molar-refractivity contribution is 7.09. The molecule has 0 amide bonds. The Labute approximate surface area is 112 Å². The zero-order chi connectivity index (χ0) is 13.0. The highest BCUT2D eigenvalue weighted by atomic mass is 32.1. The largest absolute Gasteiger partial charge is 0.480 e. The lowest BCUT2D eigenvalue weighted by molar-refractivity contribution is -0.139. The molecular weight excluding hydrogens is 248 g/mol. The molecule has 1 fully saturated rings. The fraction of sp³-hybridized carbons (Fsp3) is 0.615. The van der Waals surface area contributed by atoms with Crippen molar-refractivity contribution in [3.8, 4) is 0 Å². The molecule has 1 aromatic rings. The summed E-state index contributed by atoms with van der Waals surface area (Å²) in [5.74, 6) is -0.730. The number of hydrogen-bond acceptors (Lipinski definition) is 4. The molecule has 0 bridgehead atoms. The van der Waals surface area contributed by atoms with Gasteiger partial charge < -0.3 is 10.4 Å². The summed E-state index contributed by atoms with van der Waals surface area (Å²) in [5, 5.41) is 14.4. The number of nitrogens with one attached hydrogen (secondary N) is 1. The van der Waals surface area contributed by atoms with Gasteiger partial charge in [-0.05, 0) is 30.8 Å². The van der Waals surface area contributed by atoms with Gasteiger partial charge in [-0.25, -0.2) is 0 Å². The van der Waals surface area contributed by atoms with Crippen LogP contribution in [0.4, 0.5) is 0 Å². The third-order valence-corrected chi connectivity index (χ3v) is 4.40. The van der Waals surface area contributed by atoms with E-state index in [2.05, 4.69) is 22.8 Å². The van der Waals surface area contributed by atoms with Gasteiger partial charge in [-0.1, -0.05) is 13.0 Å². The van der Waals surface area contributed by atoms with Gasteiger partial charge in [0.25, 0.3) is 0 Å². The second-order valence-electron chi connectivity index (χ2n) is 4.74. The first-order valence-corrected chi connectivity index (χ1v) is 7.28. The Morgan fingerprint density at radius 1 is 1.61 bits per heavy atom. The summed E-state index contributed by atoms with van der Waals surface area (Å²) in [4.78, 5) is 14.1. The van der Waals surface area contributed by atoms with Crippen molar-refractivity contribution in [2.45, 2.75) is 38.4 Å². The molecule has 2 rings (SSSR count). The molecule has 18 heavy (non-hydrogen) atoms. The van der Waals surface area contributed by atoms with Crippen LogP contribution in [-0.4, -0.2) is 41.1 Å². The number of nitrogens with zero attached hydrogens (tertiary/aromatic N) is 1. The zero-order valence-corrected chi connectivity index (χ0v) is 11.4. The van der Waals surface area contributed by atoms with Gasteiger partial charge in [-0.15, -0.1) is 11.3 Å². The molecule has 0 unspecified atom stereocenters. The van der Waals surface area contributed by atoms with Crippen molar-refractivity contribution in [2.24, 2.45) is 0 Å². The molecule has 0 aromatic carbocycles. The first kappa shape index (κ1) is 13.5. The van der Waals surface area contributed by atoms with Crippen molar-refractivity contribution in [1.29, 1.82) is 0 Å². The number of rotatable bonds is 7. The van der Waals surface area contributed by atoms with Crippen LogP contribution in [0.1, 0.15) is 24.6 Å². The van der Waals surface area contributed by atoms with Gasteiger partial charge in [0, 0.05) is 23.5 Å². The second kappa shape index (κ2) is 6.31. The fourth-order valence-corrected chi connectivity index (χ4v) is 3.04. The topological polar surface area (TPSA) is 52.6 Å². The van der Waals surface area contributed by atoms with E-state index in [-0.39, 0.29) is 6.54 Å². The van der Waals surface area contributed by atoms with Crippen molar-refractivity contribution in [2.75, 3.05) is 13.1 Å². The quantitative estimate of drug-likeness (QED) is 0.791. The van der Waals surface area contributed by atoms with E-state index in [0.29, 0.717) is 12.1 Å². The average Bonchev–Trinajstić information content (AvgIpc) is 2.77. The average molecular weight is 268 g/mol. The molecule has 1 aliphatic carbocycles. The molecule has 0 aliphatic heterocycles. The van der Waals surface area contributed by atoms with Crippen LogP contribution in [0.15, 0.2) is 17.5 Å². The Hall–Kier alpha value is -0.910. The summed E-state index contributed by atoms with van der Waals surface area (Å²) in [5.41, 5.74) is 0. The Kier molecular flexibility index (Phi) is 4.74. The Morgan fingerprint density at radius 2 is 2.39 bits per heavy atom. The van der Waals surface area contributed by atoms with Gasteiger partial charge in [0.15, 0.2) is 0 Å². The third-order valence-electron chi connectivity index (χ3n) is 3.52. The molecule has 0 atom stereocenters. The Balaban J connectivity index is 1.68. The maximum atomic E-state index is 10.7. The van der Waals surface area contributed by atoms with Crippen LogP contribution in [-0.2, 0) is 11.3 Å². The van der Waals surface area contributed by atoms with Gasteiger partial charge in [0.05, 0.1) is 6.54 Å². The minimum Gasteiger partial charge on any atom is -0.480 e. The lowest BCUT2D eigenvalue weighted by Gasteiger charge is -2.42. The van der Waals surface area contributed by atoms with E-state index in [1.165, 1.54) is 4.88 Å². The molecule has 1 aliphatic rings. The zero-order valence-electron chi connectivity index (χ0n) is 10.6. The van der Waals surface area contributed by atoms with Crippen molar-refractivity contribution < 1.29 is 9.90 Å². The summed E-state index contributed by atoms with van der Waals surface area (Å²) in [6.07, 6.45) is 2.12. The summed E-state index contributed by atoms with van der Waals surface area (Å²) in [6.45, 7) is 3.93.